The zero-order valence-electron chi connectivity index (χ0n) is 13.2. The van der Waals surface area contributed by atoms with Crippen LogP contribution in [-0.4, -0.2) is 28.2 Å². The molecule has 1 aromatic rings. The Bertz CT molecular complexity index is 501. The molecule has 0 aliphatic heterocycles. The average Bonchev–Trinajstić information content (AvgIpc) is 2.49. The molecule has 0 amide bonds. The molecule has 0 aliphatic carbocycles. The zero-order valence-corrected chi connectivity index (χ0v) is 14.0. The van der Waals surface area contributed by atoms with Crippen LogP contribution in [0.2, 0.25) is 0 Å². The molecule has 0 saturated carbocycles. The molecule has 126 valence electrons. The predicted molar refractivity (Wildman–Crippen MR) is 89.1 cm³/mol. The van der Waals surface area contributed by atoms with E-state index < -0.39 is 10.0 Å². The molecule has 0 heterocycles. The van der Waals surface area contributed by atoms with E-state index in [-0.39, 0.29) is 4.90 Å². The Hall–Kier alpha value is -0.950. The van der Waals surface area contributed by atoms with Gasteiger partial charge in [0.1, 0.15) is 0 Å². The number of nitrogens with two attached hydrogens (primary N) is 2. The van der Waals surface area contributed by atoms with Crippen molar-refractivity contribution in [1.29, 1.82) is 0 Å². The van der Waals surface area contributed by atoms with E-state index in [1.807, 2.05) is 12.1 Å². The maximum Gasteiger partial charge on any atom is 0.238 e. The molecule has 1 aromatic carbocycles. The molecule has 0 radical (unpaired) electrons. The van der Waals surface area contributed by atoms with E-state index >= 15 is 0 Å². The summed E-state index contributed by atoms with van der Waals surface area (Å²) >= 11 is 0. The van der Waals surface area contributed by atoms with Crippen LogP contribution in [0.25, 0.3) is 0 Å². The molecule has 22 heavy (non-hydrogen) atoms. The summed E-state index contributed by atoms with van der Waals surface area (Å²) in [5.74, 6) is 0. The van der Waals surface area contributed by atoms with Crippen molar-refractivity contribution in [2.24, 2.45) is 10.9 Å². The lowest BCUT2D eigenvalue weighted by molar-refractivity contribution is 0.126. The molecular formula is C16H28N2O3S. The fourth-order valence-electron chi connectivity index (χ4n) is 2.18. The minimum Gasteiger partial charge on any atom is -0.381 e. The van der Waals surface area contributed by atoms with Crippen molar-refractivity contribution in [2.75, 3.05) is 19.8 Å². The minimum absolute atomic E-state index is 0.161. The number of hydrogen-bond acceptors (Lipinski definition) is 4. The standard InChI is InChI=1S/C16H28N2O3S/c17-12-4-1-2-5-13-21-14-6-3-7-15-8-10-16(11-9-15)22(18,19)20/h8-11H,1-7,12-14,17H2,(H2,18,19,20). The first-order valence-corrected chi connectivity index (χ1v) is 9.48. The Labute approximate surface area is 134 Å². The van der Waals surface area contributed by atoms with Gasteiger partial charge in [0.25, 0.3) is 0 Å². The van der Waals surface area contributed by atoms with Crippen molar-refractivity contribution >= 4 is 10.0 Å². The molecule has 0 bridgehead atoms. The number of sulfonamides is 1. The Kier molecular flexibility index (Phi) is 9.31. The van der Waals surface area contributed by atoms with Crippen LogP contribution in [0.1, 0.15) is 44.1 Å². The van der Waals surface area contributed by atoms with Gasteiger partial charge < -0.3 is 10.5 Å². The summed E-state index contributed by atoms with van der Waals surface area (Å²) in [6.45, 7) is 2.39. The van der Waals surface area contributed by atoms with Crippen molar-refractivity contribution < 1.29 is 13.2 Å². The molecule has 0 unspecified atom stereocenters. The van der Waals surface area contributed by atoms with Crippen LogP contribution < -0.4 is 10.9 Å². The number of primary sulfonamides is 1. The Morgan fingerprint density at radius 3 is 2.05 bits per heavy atom. The van der Waals surface area contributed by atoms with Crippen molar-refractivity contribution in [3.8, 4) is 0 Å². The number of rotatable bonds is 12. The van der Waals surface area contributed by atoms with E-state index in [2.05, 4.69) is 0 Å². The third kappa shape index (κ3) is 8.48. The number of unbranched alkanes of at least 4 members (excludes halogenated alkanes) is 4. The normalized spacial score (nSPS) is 11.7. The summed E-state index contributed by atoms with van der Waals surface area (Å²) in [7, 11) is -3.59. The van der Waals surface area contributed by atoms with E-state index in [0.29, 0.717) is 0 Å². The molecule has 0 fully saturated rings. The van der Waals surface area contributed by atoms with Crippen LogP contribution in [0.4, 0.5) is 0 Å². The maximum atomic E-state index is 11.1. The minimum atomic E-state index is -3.59. The summed E-state index contributed by atoms with van der Waals surface area (Å²) in [6, 6.07) is 6.75. The lowest BCUT2D eigenvalue weighted by atomic mass is 10.1. The van der Waals surface area contributed by atoms with E-state index in [0.717, 1.165) is 57.4 Å². The van der Waals surface area contributed by atoms with Gasteiger partial charge in [0.05, 0.1) is 4.90 Å². The van der Waals surface area contributed by atoms with E-state index in [1.54, 1.807) is 12.1 Å². The van der Waals surface area contributed by atoms with Crippen LogP contribution in [0.3, 0.4) is 0 Å². The molecular weight excluding hydrogens is 300 g/mol. The van der Waals surface area contributed by atoms with Crippen LogP contribution in [0.15, 0.2) is 29.2 Å². The summed E-state index contributed by atoms with van der Waals surface area (Å²) < 4.78 is 27.9. The van der Waals surface area contributed by atoms with Gasteiger partial charge in [-0.25, -0.2) is 13.6 Å². The maximum absolute atomic E-state index is 11.1. The van der Waals surface area contributed by atoms with Crippen LogP contribution in [0.5, 0.6) is 0 Å². The quantitative estimate of drug-likeness (QED) is 0.575. The first kappa shape index (κ1) is 19.1. The lowest BCUT2D eigenvalue weighted by Gasteiger charge is -2.05. The number of benzene rings is 1. The highest BCUT2D eigenvalue weighted by Crippen LogP contribution is 2.11. The number of hydrogen-bond donors (Lipinski definition) is 2. The molecule has 0 aliphatic rings. The van der Waals surface area contributed by atoms with Gasteiger partial charge in [-0.05, 0) is 56.3 Å². The van der Waals surface area contributed by atoms with Gasteiger partial charge in [0, 0.05) is 13.2 Å². The largest absolute Gasteiger partial charge is 0.381 e. The topological polar surface area (TPSA) is 95.4 Å². The zero-order chi connectivity index (χ0) is 16.3. The second-order valence-electron chi connectivity index (χ2n) is 5.46. The van der Waals surface area contributed by atoms with Crippen molar-refractivity contribution in [2.45, 2.75) is 49.8 Å². The number of ether oxygens (including phenoxy) is 1. The second-order valence-corrected chi connectivity index (χ2v) is 7.02. The summed E-state index contributed by atoms with van der Waals surface area (Å²) in [5, 5.41) is 5.06. The molecule has 0 saturated heterocycles. The predicted octanol–water partition coefficient (Wildman–Crippen LogP) is 2.19. The van der Waals surface area contributed by atoms with Gasteiger partial charge in [-0.1, -0.05) is 25.0 Å². The van der Waals surface area contributed by atoms with E-state index in [9.17, 15) is 8.42 Å². The monoisotopic (exact) mass is 328 g/mol. The van der Waals surface area contributed by atoms with E-state index in [1.165, 1.54) is 12.8 Å². The Morgan fingerprint density at radius 1 is 0.864 bits per heavy atom. The fraction of sp³-hybridized carbons (Fsp3) is 0.625. The summed E-state index contributed by atoms with van der Waals surface area (Å²) in [6.07, 6.45) is 7.55. The van der Waals surface area contributed by atoms with Gasteiger partial charge in [0.2, 0.25) is 10.0 Å². The molecule has 1 rings (SSSR count). The van der Waals surface area contributed by atoms with Gasteiger partial charge >= 0.3 is 0 Å². The van der Waals surface area contributed by atoms with Gasteiger partial charge in [0.15, 0.2) is 0 Å². The third-order valence-electron chi connectivity index (χ3n) is 3.50. The first-order valence-electron chi connectivity index (χ1n) is 7.93. The molecule has 5 nitrogen and oxygen atoms in total. The molecule has 4 N–H and O–H groups in total. The number of aryl methyl sites for hydroxylation is 1. The summed E-state index contributed by atoms with van der Waals surface area (Å²) in [5.41, 5.74) is 6.55. The van der Waals surface area contributed by atoms with Crippen LogP contribution in [-0.2, 0) is 21.2 Å². The smallest absolute Gasteiger partial charge is 0.238 e. The Morgan fingerprint density at radius 2 is 1.45 bits per heavy atom. The van der Waals surface area contributed by atoms with E-state index in [4.69, 9.17) is 15.6 Å². The van der Waals surface area contributed by atoms with Gasteiger partial charge in [-0.15, -0.1) is 0 Å². The fourth-order valence-corrected chi connectivity index (χ4v) is 2.70. The highest BCUT2D eigenvalue weighted by atomic mass is 32.2. The van der Waals surface area contributed by atoms with Crippen LogP contribution in [0, 0.1) is 0 Å². The van der Waals surface area contributed by atoms with Gasteiger partial charge in [-0.3, -0.25) is 0 Å². The van der Waals surface area contributed by atoms with Crippen molar-refractivity contribution in [3.63, 3.8) is 0 Å². The molecule has 6 heteroatoms. The highest BCUT2D eigenvalue weighted by molar-refractivity contribution is 7.89. The van der Waals surface area contributed by atoms with Crippen molar-refractivity contribution in [3.05, 3.63) is 29.8 Å². The van der Waals surface area contributed by atoms with Gasteiger partial charge in [-0.2, -0.15) is 0 Å². The highest BCUT2D eigenvalue weighted by Gasteiger charge is 2.06. The third-order valence-corrected chi connectivity index (χ3v) is 4.43. The summed E-state index contributed by atoms with van der Waals surface area (Å²) in [4.78, 5) is 0.161. The first-order chi connectivity index (χ1) is 10.5. The molecule has 0 atom stereocenters. The average molecular weight is 328 g/mol. The SMILES string of the molecule is NCCCCCCOCCCCc1ccc(S(N)(=O)=O)cc1. The van der Waals surface area contributed by atoms with Crippen molar-refractivity contribution in [1.82, 2.24) is 0 Å². The van der Waals surface area contributed by atoms with Crippen LogP contribution >= 0.6 is 0 Å². The molecule has 0 aromatic heterocycles. The second kappa shape index (κ2) is 10.7. The lowest BCUT2D eigenvalue weighted by Crippen LogP contribution is -2.11. The Balaban J connectivity index is 2.05. The molecule has 0 spiro atoms.